The minimum atomic E-state index is -3.11. The number of carbonyl (C=O) groups excluding carboxylic acids is 3. The summed E-state index contributed by atoms with van der Waals surface area (Å²) < 4.78 is 14.6. The SMILES string of the molecule is O=C(CCBr)[O][Al]([O]C(=O)CCBr)[O]C(=O)CCBr. The molecule has 0 amide bonds. The average Bonchev–Trinajstić information content (AvgIpc) is 2.29. The summed E-state index contributed by atoms with van der Waals surface area (Å²) in [6.07, 6.45) is 0.320. The van der Waals surface area contributed by atoms with E-state index < -0.39 is 33.1 Å². The third kappa shape index (κ3) is 10.8. The van der Waals surface area contributed by atoms with E-state index in [0.717, 1.165) is 0 Å². The lowest BCUT2D eigenvalue weighted by molar-refractivity contribution is -0.147. The highest BCUT2D eigenvalue weighted by atomic mass is 79.9. The van der Waals surface area contributed by atoms with Crippen molar-refractivity contribution in [1.82, 2.24) is 0 Å². The van der Waals surface area contributed by atoms with Gasteiger partial charge in [0.25, 0.3) is 17.9 Å². The molecule has 6 nitrogen and oxygen atoms in total. The number of halogens is 3. The standard InChI is InChI=1S/3C3H5BrO2.Al/c3*4-2-1-3(5)6;/h3*1-2H2,(H,5,6);/q;;;+3/p-3. The molecule has 0 aliphatic heterocycles. The fourth-order valence-electron chi connectivity index (χ4n) is 0.802. The van der Waals surface area contributed by atoms with Crippen molar-refractivity contribution in [2.75, 3.05) is 16.0 Å². The number of hydrogen-bond acceptors (Lipinski definition) is 6. The molecule has 0 atom stereocenters. The second-order valence-electron chi connectivity index (χ2n) is 3.08. The smallest absolute Gasteiger partial charge is 0.551 e. The lowest BCUT2D eigenvalue weighted by Crippen LogP contribution is -2.35. The van der Waals surface area contributed by atoms with Crippen LogP contribution < -0.4 is 0 Å². The first-order chi connectivity index (χ1) is 9.03. The normalized spacial score (nSPS) is 9.63. The summed E-state index contributed by atoms with van der Waals surface area (Å²) in [5.41, 5.74) is 0. The molecule has 0 spiro atoms. The van der Waals surface area contributed by atoms with Crippen molar-refractivity contribution in [2.45, 2.75) is 19.3 Å². The first-order valence-corrected chi connectivity index (χ1v) is 10.1. The first kappa shape index (κ1) is 19.4. The van der Waals surface area contributed by atoms with Crippen LogP contribution in [0.5, 0.6) is 0 Å². The summed E-state index contributed by atoms with van der Waals surface area (Å²) in [7, 11) is 0. The van der Waals surface area contributed by atoms with Gasteiger partial charge in [0.05, 0.1) is 19.3 Å². The van der Waals surface area contributed by atoms with Crippen molar-refractivity contribution in [3.05, 3.63) is 0 Å². The molecule has 0 heterocycles. The molecule has 0 aromatic heterocycles. The van der Waals surface area contributed by atoms with Gasteiger partial charge in [-0.15, -0.1) is 0 Å². The molecule has 0 aromatic rings. The molecular formula is C9H12AlBr3O6. The fourth-order valence-corrected chi connectivity index (χ4v) is 2.92. The summed E-state index contributed by atoms with van der Waals surface area (Å²) in [5, 5.41) is 1.24. The molecule has 0 radical (unpaired) electrons. The Balaban J connectivity index is 4.40. The number of rotatable bonds is 9. The molecule has 0 aliphatic rings. The molecule has 0 unspecified atom stereocenters. The van der Waals surface area contributed by atoms with Crippen LogP contribution in [0, 0.1) is 0 Å². The van der Waals surface area contributed by atoms with Gasteiger partial charge < -0.3 is 11.4 Å². The van der Waals surface area contributed by atoms with Crippen LogP contribution >= 0.6 is 47.8 Å². The Morgan fingerprint density at radius 2 is 0.947 bits per heavy atom. The van der Waals surface area contributed by atoms with Gasteiger partial charge in [-0.3, -0.25) is 14.4 Å². The highest BCUT2D eigenvalue weighted by molar-refractivity contribution is 9.09. The number of carbonyl (C=O) groups is 3. The van der Waals surface area contributed by atoms with Gasteiger partial charge in [-0.05, 0) is 0 Å². The van der Waals surface area contributed by atoms with E-state index in [2.05, 4.69) is 47.8 Å². The van der Waals surface area contributed by atoms with Gasteiger partial charge in [0.1, 0.15) is 0 Å². The van der Waals surface area contributed by atoms with Gasteiger partial charge in [0, 0.05) is 16.0 Å². The van der Waals surface area contributed by atoms with Crippen molar-refractivity contribution < 1.29 is 25.7 Å². The maximum absolute atomic E-state index is 11.3. The van der Waals surface area contributed by atoms with Crippen molar-refractivity contribution in [2.24, 2.45) is 0 Å². The Morgan fingerprint density at radius 1 is 0.684 bits per heavy atom. The summed E-state index contributed by atoms with van der Waals surface area (Å²) in [6, 6.07) is 0. The van der Waals surface area contributed by atoms with E-state index in [1.807, 2.05) is 0 Å². The van der Waals surface area contributed by atoms with E-state index in [1.54, 1.807) is 0 Å². The highest BCUT2D eigenvalue weighted by Crippen LogP contribution is 2.03. The van der Waals surface area contributed by atoms with Crippen LogP contribution in [-0.4, -0.2) is 49.0 Å². The van der Waals surface area contributed by atoms with Gasteiger partial charge in [0.15, 0.2) is 0 Å². The summed E-state index contributed by atoms with van der Waals surface area (Å²) in [4.78, 5) is 33.9. The Bertz CT molecular complexity index is 267. The Morgan fingerprint density at radius 3 is 1.16 bits per heavy atom. The van der Waals surface area contributed by atoms with E-state index >= 15 is 0 Å². The van der Waals surface area contributed by atoms with Crippen LogP contribution in [-0.2, 0) is 25.7 Å². The molecule has 19 heavy (non-hydrogen) atoms. The van der Waals surface area contributed by atoms with E-state index in [1.165, 1.54) is 0 Å². The molecular weight excluding hydrogens is 471 g/mol. The van der Waals surface area contributed by atoms with Crippen molar-refractivity contribution >= 4 is 80.8 Å². The van der Waals surface area contributed by atoms with Gasteiger partial charge in [-0.1, -0.05) is 47.8 Å². The van der Waals surface area contributed by atoms with E-state index in [-0.39, 0.29) is 19.3 Å². The Kier molecular flexibility index (Phi) is 12.4. The van der Waals surface area contributed by atoms with Crippen LogP contribution in [0.25, 0.3) is 0 Å². The van der Waals surface area contributed by atoms with Crippen LogP contribution in [0.4, 0.5) is 0 Å². The first-order valence-electron chi connectivity index (χ1n) is 5.29. The quantitative estimate of drug-likeness (QED) is 0.369. The third-order valence-electron chi connectivity index (χ3n) is 1.58. The number of hydrogen-bond donors (Lipinski definition) is 0. The second-order valence-corrected chi connectivity index (χ2v) is 6.74. The Hall–Kier alpha value is 0.382. The zero-order valence-electron chi connectivity index (χ0n) is 9.90. The van der Waals surface area contributed by atoms with Crippen molar-refractivity contribution in [3.8, 4) is 0 Å². The highest BCUT2D eigenvalue weighted by Gasteiger charge is 2.48. The zero-order valence-corrected chi connectivity index (χ0v) is 15.8. The van der Waals surface area contributed by atoms with Gasteiger partial charge in [-0.25, -0.2) is 0 Å². The van der Waals surface area contributed by atoms with Crippen molar-refractivity contribution in [1.29, 1.82) is 0 Å². The largest absolute Gasteiger partial charge is 1.20 e. The molecule has 0 rings (SSSR count). The van der Waals surface area contributed by atoms with Gasteiger partial charge >= 0.3 is 15.1 Å². The van der Waals surface area contributed by atoms with Crippen LogP contribution in [0.2, 0.25) is 0 Å². The van der Waals surface area contributed by atoms with Crippen LogP contribution in [0.15, 0.2) is 0 Å². The lowest BCUT2D eigenvalue weighted by Gasteiger charge is -2.12. The molecule has 0 fully saturated rings. The number of alkyl halides is 3. The average molecular weight is 483 g/mol. The zero-order chi connectivity index (χ0) is 14.7. The molecule has 0 aliphatic carbocycles. The van der Waals surface area contributed by atoms with Crippen LogP contribution in [0.3, 0.4) is 0 Å². The topological polar surface area (TPSA) is 78.9 Å². The third-order valence-corrected chi connectivity index (χ3v) is 4.13. The van der Waals surface area contributed by atoms with Gasteiger partial charge in [-0.2, -0.15) is 0 Å². The predicted molar refractivity (Wildman–Crippen MR) is 79.3 cm³/mol. The summed E-state index contributed by atoms with van der Waals surface area (Å²) >= 11 is 6.12. The minimum Gasteiger partial charge on any atom is -0.551 e. The predicted octanol–water partition coefficient (Wildman–Crippen LogP) is 1.96. The molecule has 0 bridgehead atoms. The summed E-state index contributed by atoms with van der Waals surface area (Å²) in [5.74, 6) is -1.73. The molecule has 0 N–H and O–H groups in total. The summed E-state index contributed by atoms with van der Waals surface area (Å²) in [6.45, 7) is 0. The second kappa shape index (κ2) is 12.1. The lowest BCUT2D eigenvalue weighted by atomic mass is 10.5. The molecule has 0 saturated carbocycles. The van der Waals surface area contributed by atoms with E-state index in [9.17, 15) is 14.4 Å². The minimum absolute atomic E-state index is 0.107. The fraction of sp³-hybridized carbons (Fsp3) is 0.667. The molecule has 108 valence electrons. The molecule has 0 aromatic carbocycles. The van der Waals surface area contributed by atoms with Crippen molar-refractivity contribution in [3.63, 3.8) is 0 Å². The monoisotopic (exact) mass is 480 g/mol. The molecule has 0 saturated heterocycles. The molecule has 10 heteroatoms. The van der Waals surface area contributed by atoms with E-state index in [4.69, 9.17) is 11.4 Å². The Labute approximate surface area is 141 Å². The van der Waals surface area contributed by atoms with E-state index in [0.29, 0.717) is 16.0 Å². The maximum atomic E-state index is 11.3. The van der Waals surface area contributed by atoms with Gasteiger partial charge in [0.2, 0.25) is 0 Å². The van der Waals surface area contributed by atoms with Crippen LogP contribution in [0.1, 0.15) is 19.3 Å². The maximum Gasteiger partial charge on any atom is 1.20 e.